The van der Waals surface area contributed by atoms with Crippen LogP contribution in [0.2, 0.25) is 0 Å². The Morgan fingerprint density at radius 3 is 2.20 bits per heavy atom. The Morgan fingerprint density at radius 1 is 0.800 bits per heavy atom. The van der Waals surface area contributed by atoms with E-state index in [1.165, 1.54) is 12.1 Å². The Labute approximate surface area is 114 Å². The van der Waals surface area contributed by atoms with Crippen LogP contribution in [-0.2, 0) is 0 Å². The number of hydrogen-bond acceptors (Lipinski definition) is 3. The summed E-state index contributed by atoms with van der Waals surface area (Å²) in [6.07, 6.45) is 0. The van der Waals surface area contributed by atoms with E-state index in [1.807, 2.05) is 0 Å². The van der Waals surface area contributed by atoms with Crippen molar-refractivity contribution in [1.29, 1.82) is 0 Å². The Morgan fingerprint density at radius 2 is 1.45 bits per heavy atom. The molecule has 0 amide bonds. The first kappa shape index (κ1) is 12.3. The van der Waals surface area contributed by atoms with Crippen LogP contribution in [0.25, 0.3) is 10.8 Å². The van der Waals surface area contributed by atoms with Crippen LogP contribution in [0.3, 0.4) is 0 Å². The van der Waals surface area contributed by atoms with Gasteiger partial charge in [-0.15, -0.1) is 0 Å². The van der Waals surface area contributed by atoms with Crippen LogP contribution in [-0.4, -0.2) is 10.2 Å². The number of hydrogen-bond donors (Lipinski definition) is 3. The fourth-order valence-electron chi connectivity index (χ4n) is 2.14. The molecule has 3 aromatic rings. The minimum absolute atomic E-state index is 0.0252. The largest absolute Gasteiger partial charge is 0.507 e. The molecule has 3 nitrogen and oxygen atoms in total. The minimum atomic E-state index is -0.431. The molecular formula is C16H12FNO2. The number of fused-ring (bicyclic) bond motifs is 1. The Bertz CT molecular complexity index is 787. The third kappa shape index (κ3) is 2.01. The van der Waals surface area contributed by atoms with E-state index in [1.54, 1.807) is 42.5 Å². The van der Waals surface area contributed by atoms with Crippen LogP contribution in [0.15, 0.2) is 54.6 Å². The summed E-state index contributed by atoms with van der Waals surface area (Å²) in [5.74, 6) is -0.432. The summed E-state index contributed by atoms with van der Waals surface area (Å²) in [6, 6.07) is 14.4. The molecule has 3 N–H and O–H groups in total. The number of aromatic hydroxyl groups is 2. The number of phenolic OH excluding ortho intramolecular Hbond substituents is 2. The molecule has 20 heavy (non-hydrogen) atoms. The van der Waals surface area contributed by atoms with E-state index in [-0.39, 0.29) is 22.9 Å². The lowest BCUT2D eigenvalue weighted by molar-refractivity contribution is 0.471. The van der Waals surface area contributed by atoms with Gasteiger partial charge in [0.05, 0.1) is 11.4 Å². The van der Waals surface area contributed by atoms with Gasteiger partial charge in [-0.05, 0) is 12.1 Å². The van der Waals surface area contributed by atoms with E-state index in [0.29, 0.717) is 10.8 Å². The van der Waals surface area contributed by atoms with Crippen molar-refractivity contribution < 1.29 is 14.6 Å². The monoisotopic (exact) mass is 269 g/mol. The second-order valence-electron chi connectivity index (χ2n) is 4.44. The zero-order valence-electron chi connectivity index (χ0n) is 10.5. The summed E-state index contributed by atoms with van der Waals surface area (Å²) in [4.78, 5) is 0. The predicted octanol–water partition coefficient (Wildman–Crippen LogP) is 4.13. The van der Waals surface area contributed by atoms with Crippen molar-refractivity contribution in [3.8, 4) is 11.5 Å². The van der Waals surface area contributed by atoms with Crippen LogP contribution in [0, 0.1) is 5.82 Å². The molecule has 0 radical (unpaired) electrons. The van der Waals surface area contributed by atoms with Gasteiger partial charge in [-0.1, -0.05) is 36.4 Å². The van der Waals surface area contributed by atoms with Crippen LogP contribution >= 0.6 is 0 Å². The maximum Gasteiger partial charge on any atom is 0.147 e. The molecule has 3 rings (SSSR count). The molecule has 0 heterocycles. The molecule has 0 aliphatic carbocycles. The van der Waals surface area contributed by atoms with E-state index in [9.17, 15) is 14.6 Å². The first-order valence-electron chi connectivity index (χ1n) is 6.12. The van der Waals surface area contributed by atoms with E-state index in [2.05, 4.69) is 5.32 Å². The molecule has 0 saturated carbocycles. The third-order valence-corrected chi connectivity index (χ3v) is 3.14. The smallest absolute Gasteiger partial charge is 0.147 e. The van der Waals surface area contributed by atoms with Crippen molar-refractivity contribution in [2.24, 2.45) is 0 Å². The van der Waals surface area contributed by atoms with E-state index < -0.39 is 5.82 Å². The normalized spacial score (nSPS) is 10.7. The topological polar surface area (TPSA) is 52.5 Å². The van der Waals surface area contributed by atoms with E-state index >= 15 is 0 Å². The molecule has 0 atom stereocenters. The number of halogens is 1. The summed E-state index contributed by atoms with van der Waals surface area (Å²) >= 11 is 0. The molecule has 3 aromatic carbocycles. The first-order valence-corrected chi connectivity index (χ1v) is 6.12. The molecule has 100 valence electrons. The lowest BCUT2D eigenvalue weighted by Gasteiger charge is -2.12. The van der Waals surface area contributed by atoms with Crippen LogP contribution < -0.4 is 5.32 Å². The lowest BCUT2D eigenvalue weighted by atomic mass is 10.1. The van der Waals surface area contributed by atoms with Crippen LogP contribution in [0.4, 0.5) is 15.8 Å². The van der Waals surface area contributed by atoms with Gasteiger partial charge in [-0.25, -0.2) is 4.39 Å². The molecular weight excluding hydrogens is 257 g/mol. The summed E-state index contributed by atoms with van der Waals surface area (Å²) < 4.78 is 13.6. The van der Waals surface area contributed by atoms with Crippen LogP contribution in [0.1, 0.15) is 0 Å². The zero-order valence-corrected chi connectivity index (χ0v) is 10.5. The molecule has 0 fully saturated rings. The summed E-state index contributed by atoms with van der Waals surface area (Å²) in [6.45, 7) is 0. The van der Waals surface area contributed by atoms with Crippen molar-refractivity contribution in [2.45, 2.75) is 0 Å². The predicted molar refractivity (Wildman–Crippen MR) is 77.0 cm³/mol. The SMILES string of the molecule is Oc1cc(Nc2ccccc2F)c(O)c2ccccc12. The van der Waals surface area contributed by atoms with E-state index in [4.69, 9.17) is 0 Å². The minimum Gasteiger partial charge on any atom is -0.507 e. The molecule has 0 aromatic heterocycles. The van der Waals surface area contributed by atoms with Crippen molar-refractivity contribution in [1.82, 2.24) is 0 Å². The Balaban J connectivity index is 2.13. The van der Waals surface area contributed by atoms with Gasteiger partial charge >= 0.3 is 0 Å². The molecule has 4 heteroatoms. The van der Waals surface area contributed by atoms with Crippen molar-refractivity contribution in [2.75, 3.05) is 5.32 Å². The second-order valence-corrected chi connectivity index (χ2v) is 4.44. The van der Waals surface area contributed by atoms with Crippen LogP contribution in [0.5, 0.6) is 11.5 Å². The maximum absolute atomic E-state index is 13.6. The van der Waals surface area contributed by atoms with Crippen molar-refractivity contribution in [3.05, 3.63) is 60.4 Å². The molecule has 0 saturated heterocycles. The highest BCUT2D eigenvalue weighted by Crippen LogP contribution is 2.39. The van der Waals surface area contributed by atoms with Gasteiger partial charge in [-0.3, -0.25) is 0 Å². The molecule has 0 aliphatic heterocycles. The van der Waals surface area contributed by atoms with Gasteiger partial charge in [0.15, 0.2) is 0 Å². The highest BCUT2D eigenvalue weighted by molar-refractivity contribution is 5.98. The number of phenols is 2. The standard InChI is InChI=1S/C16H12FNO2/c17-12-7-3-4-8-13(12)18-14-9-15(19)10-5-1-2-6-11(10)16(14)20/h1-9,18-20H. The molecule has 0 unspecified atom stereocenters. The van der Waals surface area contributed by atoms with Gasteiger partial charge in [0.2, 0.25) is 0 Å². The average molecular weight is 269 g/mol. The fourth-order valence-corrected chi connectivity index (χ4v) is 2.14. The molecule has 0 aliphatic rings. The highest BCUT2D eigenvalue weighted by Gasteiger charge is 2.11. The van der Waals surface area contributed by atoms with E-state index in [0.717, 1.165) is 0 Å². The maximum atomic E-state index is 13.6. The van der Waals surface area contributed by atoms with Gasteiger partial charge in [0.25, 0.3) is 0 Å². The van der Waals surface area contributed by atoms with Crippen molar-refractivity contribution in [3.63, 3.8) is 0 Å². The summed E-state index contributed by atoms with van der Waals surface area (Å²) in [7, 11) is 0. The van der Waals surface area contributed by atoms with Gasteiger partial charge < -0.3 is 15.5 Å². The van der Waals surface area contributed by atoms with Gasteiger partial charge in [-0.2, -0.15) is 0 Å². The number of rotatable bonds is 2. The fraction of sp³-hybridized carbons (Fsp3) is 0. The molecule has 0 spiro atoms. The number of nitrogens with one attached hydrogen (secondary N) is 1. The van der Waals surface area contributed by atoms with Gasteiger partial charge in [0.1, 0.15) is 17.3 Å². The molecule has 0 bridgehead atoms. The lowest BCUT2D eigenvalue weighted by Crippen LogP contribution is -1.94. The van der Waals surface area contributed by atoms with Gasteiger partial charge in [0, 0.05) is 16.8 Å². The summed E-state index contributed by atoms with van der Waals surface area (Å²) in [5.41, 5.74) is 0.490. The number of benzene rings is 3. The number of para-hydroxylation sites is 1. The quantitative estimate of drug-likeness (QED) is 0.484. The summed E-state index contributed by atoms with van der Waals surface area (Å²) in [5, 5.41) is 24.0. The zero-order chi connectivity index (χ0) is 14.1. The van der Waals surface area contributed by atoms with Crippen molar-refractivity contribution >= 4 is 22.1 Å². The average Bonchev–Trinajstić information content (AvgIpc) is 2.47. The Kier molecular flexibility index (Phi) is 2.91. The first-order chi connectivity index (χ1) is 9.66. The second kappa shape index (κ2) is 4.74. The highest BCUT2D eigenvalue weighted by atomic mass is 19.1. The number of anilines is 2. The third-order valence-electron chi connectivity index (χ3n) is 3.14. The Hall–Kier alpha value is -2.75.